The molecule has 1 aromatic rings. The lowest BCUT2D eigenvalue weighted by molar-refractivity contribution is 0.0728. The van der Waals surface area contributed by atoms with E-state index in [-0.39, 0.29) is 17.5 Å². The molecular formula is C15H18F2N2O. The first-order valence-electron chi connectivity index (χ1n) is 7.14. The zero-order valence-corrected chi connectivity index (χ0v) is 11.2. The van der Waals surface area contributed by atoms with Crippen LogP contribution in [0.15, 0.2) is 18.2 Å². The summed E-state index contributed by atoms with van der Waals surface area (Å²) in [5.74, 6) is -2.08. The van der Waals surface area contributed by atoms with Crippen molar-refractivity contribution in [2.24, 2.45) is 0 Å². The van der Waals surface area contributed by atoms with Crippen molar-refractivity contribution in [3.05, 3.63) is 35.4 Å². The third-order valence-corrected chi connectivity index (χ3v) is 3.99. The van der Waals surface area contributed by atoms with Gasteiger partial charge in [-0.25, -0.2) is 8.78 Å². The third-order valence-electron chi connectivity index (χ3n) is 3.99. The van der Waals surface area contributed by atoms with Crippen molar-refractivity contribution in [3.8, 4) is 0 Å². The number of rotatable bonds is 4. The lowest BCUT2D eigenvalue weighted by atomic mass is 10.1. The predicted molar refractivity (Wildman–Crippen MR) is 71.4 cm³/mol. The molecule has 3 nitrogen and oxygen atoms in total. The number of hydrogen-bond donors (Lipinski definition) is 1. The molecule has 1 N–H and O–H groups in total. The molecule has 1 unspecified atom stereocenters. The smallest absolute Gasteiger partial charge is 0.254 e. The van der Waals surface area contributed by atoms with E-state index in [1.54, 1.807) is 0 Å². The summed E-state index contributed by atoms with van der Waals surface area (Å²) in [6, 6.07) is 3.96. The Bertz CT molecular complexity index is 511. The minimum absolute atomic E-state index is 0.194. The highest BCUT2D eigenvalue weighted by Crippen LogP contribution is 2.29. The molecule has 1 aliphatic heterocycles. The van der Waals surface area contributed by atoms with E-state index in [1.165, 1.54) is 6.07 Å². The Hall–Kier alpha value is -1.49. The van der Waals surface area contributed by atoms with E-state index >= 15 is 0 Å². The van der Waals surface area contributed by atoms with E-state index < -0.39 is 11.6 Å². The van der Waals surface area contributed by atoms with Gasteiger partial charge < -0.3 is 10.2 Å². The lowest BCUT2D eigenvalue weighted by Crippen LogP contribution is -2.42. The Morgan fingerprint density at radius 1 is 1.25 bits per heavy atom. The maximum Gasteiger partial charge on any atom is 0.254 e. The Balaban J connectivity index is 1.75. The number of benzene rings is 1. The van der Waals surface area contributed by atoms with E-state index in [0.29, 0.717) is 12.6 Å². The summed E-state index contributed by atoms with van der Waals surface area (Å²) in [6.45, 7) is 1.64. The van der Waals surface area contributed by atoms with E-state index in [9.17, 15) is 13.6 Å². The lowest BCUT2D eigenvalue weighted by Gasteiger charge is -2.26. The van der Waals surface area contributed by atoms with Crippen molar-refractivity contribution >= 4 is 5.91 Å². The Morgan fingerprint density at radius 3 is 2.65 bits per heavy atom. The molecule has 1 atom stereocenters. The zero-order chi connectivity index (χ0) is 14.1. The first-order chi connectivity index (χ1) is 9.65. The molecule has 5 heteroatoms. The molecule has 3 rings (SSSR count). The molecule has 0 bridgehead atoms. The molecule has 0 radical (unpaired) electrons. The minimum atomic E-state index is -0.967. The van der Waals surface area contributed by atoms with E-state index in [4.69, 9.17) is 0 Å². The number of nitrogens with one attached hydrogen (secondary N) is 1. The third kappa shape index (κ3) is 2.82. The van der Waals surface area contributed by atoms with Crippen molar-refractivity contribution in [2.45, 2.75) is 37.8 Å². The van der Waals surface area contributed by atoms with Gasteiger partial charge >= 0.3 is 0 Å². The summed E-state index contributed by atoms with van der Waals surface area (Å²) in [7, 11) is 0. The molecule has 1 aliphatic carbocycles. The van der Waals surface area contributed by atoms with Crippen LogP contribution < -0.4 is 5.32 Å². The fourth-order valence-corrected chi connectivity index (χ4v) is 2.73. The molecule has 2 aliphatic rings. The standard InChI is InChI=1S/C15H18F2N2O/c16-13-6-3-10(8-14(13)17)15(20)19(12-4-5-12)9-11-2-1-7-18-11/h3,6,8,11-12,18H,1-2,4-5,7,9H2. The summed E-state index contributed by atoms with van der Waals surface area (Å²) < 4.78 is 26.2. The molecule has 0 spiro atoms. The van der Waals surface area contributed by atoms with Gasteiger partial charge in [-0.3, -0.25) is 4.79 Å². The summed E-state index contributed by atoms with van der Waals surface area (Å²) in [6.07, 6.45) is 4.20. The number of carbonyl (C=O) groups excluding carboxylic acids is 1. The molecule has 2 fully saturated rings. The molecule has 1 heterocycles. The van der Waals surface area contributed by atoms with E-state index in [2.05, 4.69) is 5.32 Å². The van der Waals surface area contributed by atoms with Crippen LogP contribution in [0.1, 0.15) is 36.0 Å². The Labute approximate surface area is 117 Å². The SMILES string of the molecule is O=C(c1ccc(F)c(F)c1)N(CC1CCCN1)C1CC1. The number of amides is 1. The average Bonchev–Trinajstić information content (AvgIpc) is 3.15. The van der Waals surface area contributed by atoms with Gasteiger partial charge in [-0.15, -0.1) is 0 Å². The highest BCUT2D eigenvalue weighted by Gasteiger charge is 2.35. The van der Waals surface area contributed by atoms with Gasteiger partial charge in [0, 0.05) is 24.2 Å². The largest absolute Gasteiger partial charge is 0.334 e. The number of nitrogens with zero attached hydrogens (tertiary/aromatic N) is 1. The number of hydrogen-bond acceptors (Lipinski definition) is 2. The molecule has 1 saturated heterocycles. The molecule has 0 aromatic heterocycles. The Morgan fingerprint density at radius 2 is 2.05 bits per heavy atom. The van der Waals surface area contributed by atoms with Crippen LogP contribution >= 0.6 is 0 Å². The summed E-state index contributed by atoms with van der Waals surface area (Å²) in [5.41, 5.74) is 0.230. The molecular weight excluding hydrogens is 262 g/mol. The van der Waals surface area contributed by atoms with Crippen LogP contribution in [-0.4, -0.2) is 36.0 Å². The predicted octanol–water partition coefficient (Wildman–Crippen LogP) is 2.32. The molecule has 108 valence electrons. The van der Waals surface area contributed by atoms with Crippen molar-refractivity contribution in [3.63, 3.8) is 0 Å². The van der Waals surface area contributed by atoms with Crippen LogP contribution in [0.5, 0.6) is 0 Å². The summed E-state index contributed by atoms with van der Waals surface area (Å²) in [4.78, 5) is 14.3. The van der Waals surface area contributed by atoms with E-state index in [0.717, 1.165) is 44.4 Å². The minimum Gasteiger partial charge on any atom is -0.334 e. The maximum atomic E-state index is 13.3. The van der Waals surface area contributed by atoms with Crippen LogP contribution in [0.4, 0.5) is 8.78 Å². The Kier molecular flexibility index (Phi) is 3.70. The van der Waals surface area contributed by atoms with Gasteiger partial charge in [0.1, 0.15) is 0 Å². The van der Waals surface area contributed by atoms with Crippen LogP contribution in [-0.2, 0) is 0 Å². The molecule has 1 aromatic carbocycles. The van der Waals surface area contributed by atoms with Crippen molar-refractivity contribution in [2.75, 3.05) is 13.1 Å². The molecule has 20 heavy (non-hydrogen) atoms. The maximum absolute atomic E-state index is 13.3. The first-order valence-corrected chi connectivity index (χ1v) is 7.14. The van der Waals surface area contributed by atoms with Gasteiger partial charge in [0.2, 0.25) is 0 Å². The monoisotopic (exact) mass is 280 g/mol. The number of carbonyl (C=O) groups is 1. The van der Waals surface area contributed by atoms with Gasteiger partial charge in [-0.2, -0.15) is 0 Å². The van der Waals surface area contributed by atoms with Crippen LogP contribution in [0, 0.1) is 11.6 Å². The van der Waals surface area contributed by atoms with Crippen molar-refractivity contribution < 1.29 is 13.6 Å². The van der Waals surface area contributed by atoms with Crippen molar-refractivity contribution in [1.29, 1.82) is 0 Å². The van der Waals surface area contributed by atoms with E-state index in [1.807, 2.05) is 4.90 Å². The quantitative estimate of drug-likeness (QED) is 0.918. The highest BCUT2D eigenvalue weighted by molar-refractivity contribution is 5.94. The second-order valence-electron chi connectivity index (χ2n) is 5.61. The molecule has 1 amide bonds. The van der Waals surface area contributed by atoms with Gasteiger partial charge in [-0.1, -0.05) is 0 Å². The second kappa shape index (κ2) is 5.48. The topological polar surface area (TPSA) is 32.3 Å². The number of halogens is 2. The summed E-state index contributed by atoms with van der Waals surface area (Å²) >= 11 is 0. The zero-order valence-electron chi connectivity index (χ0n) is 11.2. The molecule has 1 saturated carbocycles. The van der Waals surface area contributed by atoms with Gasteiger partial charge in [0.15, 0.2) is 11.6 Å². The fraction of sp³-hybridized carbons (Fsp3) is 0.533. The van der Waals surface area contributed by atoms with Gasteiger partial charge in [0.05, 0.1) is 0 Å². The van der Waals surface area contributed by atoms with Crippen LogP contribution in [0.25, 0.3) is 0 Å². The first kappa shape index (κ1) is 13.5. The average molecular weight is 280 g/mol. The highest BCUT2D eigenvalue weighted by atomic mass is 19.2. The fourth-order valence-electron chi connectivity index (χ4n) is 2.73. The normalized spacial score (nSPS) is 22.0. The van der Waals surface area contributed by atoms with Gasteiger partial charge in [0.25, 0.3) is 5.91 Å². The van der Waals surface area contributed by atoms with Crippen LogP contribution in [0.2, 0.25) is 0 Å². The van der Waals surface area contributed by atoms with Crippen molar-refractivity contribution in [1.82, 2.24) is 10.2 Å². The van der Waals surface area contributed by atoms with Gasteiger partial charge in [-0.05, 0) is 50.4 Å². The second-order valence-corrected chi connectivity index (χ2v) is 5.61. The summed E-state index contributed by atoms with van der Waals surface area (Å²) in [5, 5.41) is 3.37. The van der Waals surface area contributed by atoms with Crippen LogP contribution in [0.3, 0.4) is 0 Å².